The summed E-state index contributed by atoms with van der Waals surface area (Å²) in [7, 11) is 1.90. The zero-order valence-electron chi connectivity index (χ0n) is 11.9. The van der Waals surface area contributed by atoms with Crippen molar-refractivity contribution in [2.24, 2.45) is 17.8 Å². The molecule has 0 aliphatic heterocycles. The van der Waals surface area contributed by atoms with E-state index in [-0.39, 0.29) is 5.91 Å². The molecule has 3 nitrogen and oxygen atoms in total. The van der Waals surface area contributed by atoms with Gasteiger partial charge in [-0.2, -0.15) is 5.26 Å². The predicted molar refractivity (Wildman–Crippen MR) is 77.1 cm³/mol. The minimum atomic E-state index is 0.0669. The lowest BCUT2D eigenvalue weighted by molar-refractivity contribution is 0.0754. The van der Waals surface area contributed by atoms with E-state index >= 15 is 0 Å². The first kappa shape index (κ1) is 13.2. The summed E-state index contributed by atoms with van der Waals surface area (Å²) >= 11 is 0. The fourth-order valence-corrected chi connectivity index (χ4v) is 3.94. The Morgan fingerprint density at radius 3 is 2.60 bits per heavy atom. The van der Waals surface area contributed by atoms with Crippen LogP contribution >= 0.6 is 0 Å². The third-order valence-electron chi connectivity index (χ3n) is 5.00. The number of carbonyl (C=O) groups is 1. The second kappa shape index (κ2) is 5.28. The number of fused-ring (bicyclic) bond motifs is 2. The Morgan fingerprint density at radius 2 is 2.05 bits per heavy atom. The van der Waals surface area contributed by atoms with E-state index in [9.17, 15) is 4.79 Å². The van der Waals surface area contributed by atoms with Gasteiger partial charge in [0.25, 0.3) is 5.91 Å². The van der Waals surface area contributed by atoms with Crippen molar-refractivity contribution in [1.82, 2.24) is 4.90 Å². The van der Waals surface area contributed by atoms with Crippen molar-refractivity contribution in [2.75, 3.05) is 13.6 Å². The maximum absolute atomic E-state index is 12.4. The maximum Gasteiger partial charge on any atom is 0.253 e. The Morgan fingerprint density at radius 1 is 1.30 bits per heavy atom. The van der Waals surface area contributed by atoms with Crippen LogP contribution in [0.1, 0.15) is 41.6 Å². The number of carbonyl (C=O) groups excluding carboxylic acids is 1. The average Bonchev–Trinajstić information content (AvgIpc) is 3.09. The van der Waals surface area contributed by atoms with Gasteiger partial charge in [-0.05, 0) is 61.3 Å². The lowest BCUT2D eigenvalue weighted by Crippen LogP contribution is -2.33. The van der Waals surface area contributed by atoms with Crippen molar-refractivity contribution in [3.05, 3.63) is 35.4 Å². The normalized spacial score (nSPS) is 27.3. The van der Waals surface area contributed by atoms with Gasteiger partial charge in [0.05, 0.1) is 11.6 Å². The second-order valence-corrected chi connectivity index (χ2v) is 6.31. The average molecular weight is 268 g/mol. The minimum Gasteiger partial charge on any atom is -0.341 e. The van der Waals surface area contributed by atoms with Crippen LogP contribution in [-0.4, -0.2) is 24.4 Å². The van der Waals surface area contributed by atoms with Crippen LogP contribution < -0.4 is 0 Å². The first-order valence-corrected chi connectivity index (χ1v) is 7.43. The smallest absolute Gasteiger partial charge is 0.253 e. The van der Waals surface area contributed by atoms with Gasteiger partial charge in [-0.25, -0.2) is 0 Å². The fourth-order valence-electron chi connectivity index (χ4n) is 3.94. The molecule has 1 aromatic carbocycles. The first-order chi connectivity index (χ1) is 9.67. The van der Waals surface area contributed by atoms with Crippen LogP contribution in [0.15, 0.2) is 24.3 Å². The molecule has 3 rings (SSSR count). The SMILES string of the molecule is CN(CC1CC2CCC1C2)C(=O)c1ccc(C#N)cc1. The third kappa shape index (κ3) is 2.43. The van der Waals surface area contributed by atoms with E-state index in [1.54, 1.807) is 24.3 Å². The highest BCUT2D eigenvalue weighted by Gasteiger charge is 2.40. The fraction of sp³-hybridized carbons (Fsp3) is 0.529. The minimum absolute atomic E-state index is 0.0669. The van der Waals surface area contributed by atoms with Gasteiger partial charge in [0.15, 0.2) is 0 Å². The van der Waals surface area contributed by atoms with Crippen molar-refractivity contribution in [3.8, 4) is 6.07 Å². The molecule has 104 valence electrons. The maximum atomic E-state index is 12.4. The topological polar surface area (TPSA) is 44.1 Å². The molecule has 2 aliphatic carbocycles. The summed E-state index contributed by atoms with van der Waals surface area (Å²) in [4.78, 5) is 14.2. The molecule has 0 radical (unpaired) electrons. The van der Waals surface area contributed by atoms with Crippen LogP contribution in [0.4, 0.5) is 0 Å². The van der Waals surface area contributed by atoms with Crippen LogP contribution in [-0.2, 0) is 0 Å². The molecule has 2 aliphatic rings. The summed E-state index contributed by atoms with van der Waals surface area (Å²) in [6.07, 6.45) is 5.43. The molecule has 3 heteroatoms. The molecule has 0 N–H and O–H groups in total. The number of hydrogen-bond donors (Lipinski definition) is 0. The number of amides is 1. The predicted octanol–water partition coefficient (Wildman–Crippen LogP) is 3.07. The van der Waals surface area contributed by atoms with E-state index in [1.165, 1.54) is 25.7 Å². The van der Waals surface area contributed by atoms with Gasteiger partial charge in [-0.15, -0.1) is 0 Å². The molecule has 2 saturated carbocycles. The summed E-state index contributed by atoms with van der Waals surface area (Å²) < 4.78 is 0. The van der Waals surface area contributed by atoms with Crippen molar-refractivity contribution in [1.29, 1.82) is 5.26 Å². The van der Waals surface area contributed by atoms with Crippen LogP contribution in [0.2, 0.25) is 0 Å². The molecule has 2 fully saturated rings. The van der Waals surface area contributed by atoms with E-state index in [2.05, 4.69) is 6.07 Å². The molecular formula is C17H20N2O. The lowest BCUT2D eigenvalue weighted by atomic mass is 9.88. The van der Waals surface area contributed by atoms with Gasteiger partial charge < -0.3 is 4.90 Å². The van der Waals surface area contributed by atoms with Crippen molar-refractivity contribution in [3.63, 3.8) is 0 Å². The number of rotatable bonds is 3. The van der Waals surface area contributed by atoms with Gasteiger partial charge >= 0.3 is 0 Å². The van der Waals surface area contributed by atoms with Gasteiger partial charge in [0.1, 0.15) is 0 Å². The molecule has 20 heavy (non-hydrogen) atoms. The molecule has 0 heterocycles. The quantitative estimate of drug-likeness (QED) is 0.845. The molecule has 0 spiro atoms. The zero-order chi connectivity index (χ0) is 14.1. The summed E-state index contributed by atoms with van der Waals surface area (Å²) in [6.45, 7) is 0.875. The molecule has 3 unspecified atom stereocenters. The standard InChI is InChI=1S/C17H20N2O/c1-19(11-16-9-13-4-7-15(16)8-13)17(20)14-5-2-12(10-18)3-6-14/h2-3,5-6,13,15-16H,4,7-9,11H2,1H3. The van der Waals surface area contributed by atoms with E-state index in [4.69, 9.17) is 5.26 Å². The number of benzene rings is 1. The summed E-state index contributed by atoms with van der Waals surface area (Å²) in [5.74, 6) is 2.53. The molecular weight excluding hydrogens is 248 g/mol. The Kier molecular flexibility index (Phi) is 3.48. The molecule has 0 aromatic heterocycles. The van der Waals surface area contributed by atoms with Gasteiger partial charge in [-0.1, -0.05) is 6.42 Å². The highest BCUT2D eigenvalue weighted by Crippen LogP contribution is 2.48. The second-order valence-electron chi connectivity index (χ2n) is 6.31. The Hall–Kier alpha value is -1.82. The van der Waals surface area contributed by atoms with E-state index < -0.39 is 0 Å². The van der Waals surface area contributed by atoms with Gasteiger partial charge in [-0.3, -0.25) is 4.79 Å². The molecule has 0 saturated heterocycles. The Labute approximate surface area is 120 Å². The largest absolute Gasteiger partial charge is 0.341 e. The van der Waals surface area contributed by atoms with Crippen molar-refractivity contribution in [2.45, 2.75) is 25.7 Å². The zero-order valence-corrected chi connectivity index (χ0v) is 11.9. The molecule has 3 atom stereocenters. The summed E-state index contributed by atoms with van der Waals surface area (Å²) in [6, 6.07) is 8.98. The lowest BCUT2D eigenvalue weighted by Gasteiger charge is -2.27. The Balaban J connectivity index is 1.63. The van der Waals surface area contributed by atoms with Crippen LogP contribution in [0.5, 0.6) is 0 Å². The molecule has 1 aromatic rings. The van der Waals surface area contributed by atoms with Crippen LogP contribution in [0, 0.1) is 29.1 Å². The molecule has 2 bridgehead atoms. The third-order valence-corrected chi connectivity index (χ3v) is 5.00. The molecule has 1 amide bonds. The number of nitrogens with zero attached hydrogens (tertiary/aromatic N) is 2. The highest BCUT2D eigenvalue weighted by atomic mass is 16.2. The van der Waals surface area contributed by atoms with Gasteiger partial charge in [0.2, 0.25) is 0 Å². The van der Waals surface area contributed by atoms with E-state index in [0.29, 0.717) is 17.0 Å². The highest BCUT2D eigenvalue weighted by molar-refractivity contribution is 5.94. The summed E-state index contributed by atoms with van der Waals surface area (Å²) in [5, 5.41) is 8.78. The first-order valence-electron chi connectivity index (χ1n) is 7.43. The van der Waals surface area contributed by atoms with Crippen LogP contribution in [0.25, 0.3) is 0 Å². The van der Waals surface area contributed by atoms with Crippen LogP contribution in [0.3, 0.4) is 0 Å². The number of nitriles is 1. The summed E-state index contributed by atoms with van der Waals surface area (Å²) in [5.41, 5.74) is 1.27. The van der Waals surface area contributed by atoms with Crippen molar-refractivity contribution < 1.29 is 4.79 Å². The van der Waals surface area contributed by atoms with E-state index in [0.717, 1.165) is 18.4 Å². The number of hydrogen-bond acceptors (Lipinski definition) is 2. The monoisotopic (exact) mass is 268 g/mol. The van der Waals surface area contributed by atoms with Crippen molar-refractivity contribution >= 4 is 5.91 Å². The van der Waals surface area contributed by atoms with Gasteiger partial charge in [0, 0.05) is 19.2 Å². The van der Waals surface area contributed by atoms with E-state index in [1.807, 2.05) is 11.9 Å². The Bertz CT molecular complexity index is 543.